The molecule has 142 valence electrons. The molecule has 0 aliphatic carbocycles. The van der Waals surface area contributed by atoms with Crippen molar-refractivity contribution in [1.29, 1.82) is 0 Å². The smallest absolute Gasteiger partial charge is 0.346 e. The maximum absolute atomic E-state index is 12.2. The van der Waals surface area contributed by atoms with Crippen molar-refractivity contribution in [3.8, 4) is 5.75 Å². The zero-order chi connectivity index (χ0) is 20.2. The molecule has 0 aromatic heterocycles. The first-order valence-electron chi connectivity index (χ1n) is 7.50. The van der Waals surface area contributed by atoms with E-state index in [1.54, 1.807) is 20.8 Å². The van der Waals surface area contributed by atoms with Gasteiger partial charge in [0.1, 0.15) is 5.75 Å². The lowest BCUT2D eigenvalue weighted by molar-refractivity contribution is -0.170. The van der Waals surface area contributed by atoms with Crippen LogP contribution in [-0.2, 0) is 19.1 Å². The average molecular weight is 368 g/mol. The molecule has 0 heterocycles. The number of methoxy groups -OCH3 is 1. The van der Waals surface area contributed by atoms with Crippen LogP contribution < -0.4 is 4.74 Å². The Morgan fingerprint density at radius 1 is 1.04 bits per heavy atom. The van der Waals surface area contributed by atoms with E-state index in [0.717, 1.165) is 0 Å². The van der Waals surface area contributed by atoms with Gasteiger partial charge in [-0.15, -0.1) is 0 Å². The number of aryl methyl sites for hydroxylation is 1. The highest BCUT2D eigenvalue weighted by molar-refractivity contribution is 6.00. The zero-order valence-corrected chi connectivity index (χ0v) is 14.8. The number of carbonyl (C=O) groups excluding carboxylic acids is 2. The van der Waals surface area contributed by atoms with Gasteiger partial charge in [-0.05, 0) is 43.5 Å². The van der Waals surface area contributed by atoms with Crippen molar-refractivity contribution in [2.24, 2.45) is 0 Å². The lowest BCUT2D eigenvalue weighted by Gasteiger charge is -2.20. The fourth-order valence-corrected chi connectivity index (χ4v) is 2.48. The van der Waals surface area contributed by atoms with Crippen molar-refractivity contribution in [1.82, 2.24) is 0 Å². The highest BCUT2D eigenvalue weighted by Gasteiger charge is 2.42. The second-order valence-electron chi connectivity index (χ2n) is 5.87. The summed E-state index contributed by atoms with van der Waals surface area (Å²) in [5.41, 5.74) is -0.998. The minimum atomic E-state index is -2.87. The van der Waals surface area contributed by atoms with Crippen molar-refractivity contribution in [3.63, 3.8) is 0 Å². The fraction of sp³-hybridized carbons (Fsp3) is 0.412. The van der Waals surface area contributed by atoms with E-state index in [4.69, 9.17) is 14.9 Å². The molecule has 26 heavy (non-hydrogen) atoms. The third-order valence-corrected chi connectivity index (χ3v) is 3.94. The number of hydrogen-bond acceptors (Lipinski definition) is 7. The molecule has 1 atom stereocenters. The van der Waals surface area contributed by atoms with Crippen molar-refractivity contribution < 1.29 is 44.0 Å². The summed E-state index contributed by atoms with van der Waals surface area (Å²) in [6.07, 6.45) is -2.40. The number of esters is 2. The minimum absolute atomic E-state index is 0.0752. The molecule has 1 rings (SSSR count). The first-order valence-corrected chi connectivity index (χ1v) is 7.50. The molecule has 0 saturated heterocycles. The third kappa shape index (κ3) is 4.57. The SMILES string of the molecule is COc1c(C)cc(C(=O)OC(=O)CC(O)(CC(=O)O)C(=O)O)c(C)c1C. The molecule has 1 aromatic carbocycles. The summed E-state index contributed by atoms with van der Waals surface area (Å²) in [5.74, 6) is -5.34. The molecular formula is C17H20O9. The van der Waals surface area contributed by atoms with Crippen LogP contribution in [0, 0.1) is 20.8 Å². The molecule has 9 nitrogen and oxygen atoms in total. The first-order chi connectivity index (χ1) is 11.9. The highest BCUT2D eigenvalue weighted by Crippen LogP contribution is 2.29. The molecule has 1 unspecified atom stereocenters. The summed E-state index contributed by atoms with van der Waals surface area (Å²) in [7, 11) is 1.48. The highest BCUT2D eigenvalue weighted by atomic mass is 16.6. The Labute approximate surface area is 149 Å². The molecule has 0 aliphatic rings. The van der Waals surface area contributed by atoms with Gasteiger partial charge in [-0.1, -0.05) is 0 Å². The summed E-state index contributed by atoms with van der Waals surface area (Å²) >= 11 is 0. The average Bonchev–Trinajstić information content (AvgIpc) is 2.49. The van der Waals surface area contributed by atoms with Gasteiger partial charge in [0.25, 0.3) is 0 Å². The van der Waals surface area contributed by atoms with E-state index in [-0.39, 0.29) is 5.56 Å². The summed E-state index contributed by atoms with van der Waals surface area (Å²) in [6.45, 7) is 5.03. The Morgan fingerprint density at radius 2 is 1.62 bits per heavy atom. The largest absolute Gasteiger partial charge is 0.496 e. The maximum Gasteiger partial charge on any atom is 0.346 e. The van der Waals surface area contributed by atoms with E-state index in [0.29, 0.717) is 22.4 Å². The molecule has 1 aromatic rings. The van der Waals surface area contributed by atoms with Gasteiger partial charge in [0, 0.05) is 0 Å². The van der Waals surface area contributed by atoms with Crippen LogP contribution in [0.15, 0.2) is 6.07 Å². The molecule has 0 fully saturated rings. The van der Waals surface area contributed by atoms with Gasteiger partial charge in [-0.25, -0.2) is 9.59 Å². The zero-order valence-electron chi connectivity index (χ0n) is 14.8. The fourth-order valence-electron chi connectivity index (χ4n) is 2.48. The van der Waals surface area contributed by atoms with Gasteiger partial charge in [0.15, 0.2) is 5.60 Å². The number of carboxylic acids is 2. The topological polar surface area (TPSA) is 147 Å². The van der Waals surface area contributed by atoms with E-state index >= 15 is 0 Å². The number of ether oxygens (including phenoxy) is 2. The predicted molar refractivity (Wildman–Crippen MR) is 87.1 cm³/mol. The van der Waals surface area contributed by atoms with Crippen molar-refractivity contribution in [2.75, 3.05) is 7.11 Å². The number of rotatable bonds is 7. The Hall–Kier alpha value is -2.94. The van der Waals surface area contributed by atoms with Gasteiger partial charge in [0.2, 0.25) is 0 Å². The number of aliphatic carboxylic acids is 2. The number of hydrogen-bond donors (Lipinski definition) is 3. The molecular weight excluding hydrogens is 348 g/mol. The van der Waals surface area contributed by atoms with Gasteiger partial charge in [-0.2, -0.15) is 0 Å². The molecule has 0 saturated carbocycles. The van der Waals surface area contributed by atoms with Gasteiger partial charge < -0.3 is 24.8 Å². The van der Waals surface area contributed by atoms with Crippen LogP contribution >= 0.6 is 0 Å². The third-order valence-electron chi connectivity index (χ3n) is 3.94. The summed E-state index contributed by atoms with van der Waals surface area (Å²) in [5, 5.41) is 27.4. The molecule has 0 bridgehead atoms. The van der Waals surface area contributed by atoms with Crippen molar-refractivity contribution >= 4 is 23.9 Å². The Bertz CT molecular complexity index is 766. The first kappa shape index (κ1) is 21.1. The molecule has 0 aliphatic heterocycles. The number of aliphatic hydroxyl groups is 1. The second-order valence-corrected chi connectivity index (χ2v) is 5.87. The van der Waals surface area contributed by atoms with Gasteiger partial charge in [-0.3, -0.25) is 9.59 Å². The maximum atomic E-state index is 12.2. The lowest BCUT2D eigenvalue weighted by atomic mass is 9.96. The Morgan fingerprint density at radius 3 is 2.08 bits per heavy atom. The number of benzene rings is 1. The van der Waals surface area contributed by atoms with E-state index in [1.165, 1.54) is 13.2 Å². The minimum Gasteiger partial charge on any atom is -0.496 e. The lowest BCUT2D eigenvalue weighted by Crippen LogP contribution is -2.43. The Balaban J connectivity index is 3.03. The van der Waals surface area contributed by atoms with Crippen molar-refractivity contribution in [3.05, 3.63) is 28.3 Å². The normalized spacial score (nSPS) is 12.8. The number of carbonyl (C=O) groups is 4. The molecule has 9 heteroatoms. The van der Waals surface area contributed by atoms with Crippen LogP contribution in [0.2, 0.25) is 0 Å². The van der Waals surface area contributed by atoms with E-state index in [1.807, 2.05) is 0 Å². The summed E-state index contributed by atoms with van der Waals surface area (Å²) in [6, 6.07) is 1.46. The molecule has 3 N–H and O–H groups in total. The Kier molecular flexibility index (Phi) is 6.46. The summed E-state index contributed by atoms with van der Waals surface area (Å²) in [4.78, 5) is 45.8. The van der Waals surface area contributed by atoms with Crippen LogP contribution in [0.5, 0.6) is 5.75 Å². The monoisotopic (exact) mass is 368 g/mol. The van der Waals surface area contributed by atoms with Gasteiger partial charge in [0.05, 0.1) is 25.5 Å². The number of carboxylic acid groups (broad SMARTS) is 2. The summed E-state index contributed by atoms with van der Waals surface area (Å²) < 4.78 is 9.82. The molecule has 0 radical (unpaired) electrons. The van der Waals surface area contributed by atoms with E-state index in [2.05, 4.69) is 4.74 Å². The van der Waals surface area contributed by atoms with E-state index < -0.39 is 42.3 Å². The van der Waals surface area contributed by atoms with Gasteiger partial charge >= 0.3 is 23.9 Å². The van der Waals surface area contributed by atoms with Crippen LogP contribution in [0.4, 0.5) is 0 Å². The molecule has 0 amide bonds. The van der Waals surface area contributed by atoms with Crippen molar-refractivity contribution in [2.45, 2.75) is 39.2 Å². The second kappa shape index (κ2) is 7.96. The predicted octanol–water partition coefficient (Wildman–Crippen LogP) is 0.984. The van der Waals surface area contributed by atoms with Crippen LogP contribution in [0.3, 0.4) is 0 Å². The van der Waals surface area contributed by atoms with Crippen LogP contribution in [0.1, 0.15) is 39.9 Å². The quantitative estimate of drug-likeness (QED) is 0.473. The van der Waals surface area contributed by atoms with Crippen LogP contribution in [0.25, 0.3) is 0 Å². The van der Waals surface area contributed by atoms with Crippen LogP contribution in [-0.4, -0.2) is 51.9 Å². The standard InChI is InChI=1S/C17H20O9/c1-8-5-11(9(2)10(3)14(8)25-4)15(21)26-13(20)7-17(24,16(22)23)6-12(18)19/h5,24H,6-7H2,1-4H3,(H,18,19)(H,22,23). The molecule has 0 spiro atoms. The van der Waals surface area contributed by atoms with E-state index in [9.17, 15) is 24.3 Å².